The third-order valence-corrected chi connectivity index (χ3v) is 6.80. The van der Waals surface area contributed by atoms with Crippen LogP contribution in [0.3, 0.4) is 0 Å². The third-order valence-electron chi connectivity index (χ3n) is 6.51. The van der Waals surface area contributed by atoms with Crippen LogP contribution in [-0.4, -0.2) is 93.1 Å². The van der Waals surface area contributed by atoms with E-state index in [9.17, 15) is 22.8 Å². The van der Waals surface area contributed by atoms with Gasteiger partial charge in [-0.25, -0.2) is 9.98 Å². The van der Waals surface area contributed by atoms with Crippen LogP contribution in [0.4, 0.5) is 18.9 Å². The van der Waals surface area contributed by atoms with E-state index in [1.807, 2.05) is 20.8 Å². The summed E-state index contributed by atoms with van der Waals surface area (Å²) in [4.78, 5) is 47.9. The van der Waals surface area contributed by atoms with Gasteiger partial charge in [-0.15, -0.1) is 0 Å². The van der Waals surface area contributed by atoms with Gasteiger partial charge in [0.2, 0.25) is 11.9 Å². The van der Waals surface area contributed by atoms with Crippen molar-refractivity contribution in [3.05, 3.63) is 58.6 Å². The zero-order valence-corrected chi connectivity index (χ0v) is 29.3. The molecule has 0 spiro atoms. The van der Waals surface area contributed by atoms with Gasteiger partial charge in [-0.1, -0.05) is 38.4 Å². The number of carboxylic acid groups (broad SMARTS) is 1. The molecule has 13 nitrogen and oxygen atoms in total. The number of hydrogen-bond donors (Lipinski definition) is 4. The highest BCUT2D eigenvalue weighted by Gasteiger charge is 2.29. The third kappa shape index (κ3) is 16.6. The van der Waals surface area contributed by atoms with Crippen LogP contribution in [0.25, 0.3) is 0 Å². The van der Waals surface area contributed by atoms with Crippen molar-refractivity contribution < 1.29 is 42.1 Å². The monoisotopic (exact) mass is 727 g/mol. The molecule has 2 amide bonds. The molecule has 0 aromatic heterocycles. The van der Waals surface area contributed by atoms with E-state index in [-0.39, 0.29) is 30.8 Å². The first-order chi connectivity index (χ1) is 23.7. The molecule has 17 heteroatoms. The Morgan fingerprint density at radius 2 is 1.90 bits per heavy atom. The molecule has 2 aromatic carbocycles. The lowest BCUT2D eigenvalue weighted by Crippen LogP contribution is -2.45. The molecule has 276 valence electrons. The van der Waals surface area contributed by atoms with Crippen LogP contribution in [0.15, 0.2) is 57.4 Å². The molecule has 5 N–H and O–H groups in total. The van der Waals surface area contributed by atoms with E-state index in [0.29, 0.717) is 73.1 Å². The van der Waals surface area contributed by atoms with Gasteiger partial charge in [0.1, 0.15) is 5.75 Å². The number of carbonyl (C=O) groups excluding carboxylic acids is 2. The highest BCUT2D eigenvalue weighted by atomic mass is 35.5. The van der Waals surface area contributed by atoms with E-state index in [4.69, 9.17) is 31.0 Å². The molecular formula is C33H45ClF3N7O6. The number of guanidine groups is 1. The maximum atomic E-state index is 13.0. The Morgan fingerprint density at radius 3 is 2.48 bits per heavy atom. The summed E-state index contributed by atoms with van der Waals surface area (Å²) in [7, 11) is 1.50. The average molecular weight is 728 g/mol. The first-order valence-corrected chi connectivity index (χ1v) is 15.9. The van der Waals surface area contributed by atoms with E-state index < -0.39 is 24.2 Å². The van der Waals surface area contributed by atoms with Gasteiger partial charge >= 0.3 is 6.18 Å². The van der Waals surface area contributed by atoms with Crippen LogP contribution in [0.5, 0.6) is 5.75 Å². The van der Waals surface area contributed by atoms with Gasteiger partial charge in [0.25, 0.3) is 18.4 Å². The number of hydrogen-bond acceptors (Lipinski definition) is 10. The van der Waals surface area contributed by atoms with Crippen molar-refractivity contribution >= 4 is 54.3 Å². The van der Waals surface area contributed by atoms with Gasteiger partial charge in [-0.05, 0) is 74.0 Å². The lowest BCUT2D eigenvalue weighted by molar-refractivity contribution is -0.156. The normalized spacial score (nSPS) is 16.5. The molecule has 2 aromatic rings. The van der Waals surface area contributed by atoms with Gasteiger partial charge in [-0.3, -0.25) is 14.4 Å². The highest BCUT2D eigenvalue weighted by Crippen LogP contribution is 2.26. The number of nitrogens with zero attached hydrogens (tertiary/aromatic N) is 4. The lowest BCUT2D eigenvalue weighted by Gasteiger charge is -2.33. The van der Waals surface area contributed by atoms with Crippen LogP contribution in [0.1, 0.15) is 56.0 Å². The van der Waals surface area contributed by atoms with Crippen LogP contribution >= 0.6 is 11.6 Å². The smallest absolute Gasteiger partial charge is 0.422 e. The van der Waals surface area contributed by atoms with Crippen molar-refractivity contribution in [2.45, 2.75) is 52.8 Å². The molecule has 0 saturated carbocycles. The van der Waals surface area contributed by atoms with Gasteiger partial charge in [0.05, 0.1) is 18.2 Å². The Balaban J connectivity index is 0.00000237. The summed E-state index contributed by atoms with van der Waals surface area (Å²) in [5.74, 6) is -0.101. The van der Waals surface area contributed by atoms with E-state index in [2.05, 4.69) is 38.1 Å². The molecule has 0 fully saturated rings. The molecule has 4 bridgehead atoms. The van der Waals surface area contributed by atoms with Crippen LogP contribution in [0.2, 0.25) is 5.02 Å². The molecule has 4 aliphatic rings. The van der Waals surface area contributed by atoms with Gasteiger partial charge in [0.15, 0.2) is 6.61 Å². The lowest BCUT2D eigenvalue weighted by atomic mass is 9.92. The minimum atomic E-state index is -4.63. The van der Waals surface area contributed by atoms with Gasteiger partial charge in [0, 0.05) is 37.3 Å². The Morgan fingerprint density at radius 1 is 1.24 bits per heavy atom. The molecule has 0 unspecified atom stereocenters. The van der Waals surface area contributed by atoms with Crippen molar-refractivity contribution in [3.8, 4) is 5.75 Å². The zero-order valence-electron chi connectivity index (χ0n) is 28.6. The summed E-state index contributed by atoms with van der Waals surface area (Å²) in [6.07, 6.45) is -2.94. The van der Waals surface area contributed by atoms with E-state index in [1.54, 1.807) is 23.1 Å². The number of amides is 2. The number of aliphatic imine (C=N–C) groups is 3. The van der Waals surface area contributed by atoms with Crippen LogP contribution in [0, 0.1) is 5.41 Å². The Hall–Kier alpha value is -4.70. The number of amidine groups is 1. The number of nitrogens with one attached hydrogen (secondary N) is 2. The first-order valence-electron chi connectivity index (χ1n) is 15.5. The Kier molecular flexibility index (Phi) is 19.2. The second kappa shape index (κ2) is 22.1. The minimum Gasteiger partial charge on any atom is -0.492 e. The topological polar surface area (TPSA) is 180 Å². The zero-order chi connectivity index (χ0) is 37.7. The summed E-state index contributed by atoms with van der Waals surface area (Å²) in [6, 6.07) is 10.6. The fourth-order valence-corrected chi connectivity index (χ4v) is 4.56. The average Bonchev–Trinajstić information content (AvgIpc) is 3.07. The van der Waals surface area contributed by atoms with E-state index in [1.165, 1.54) is 31.3 Å². The molecule has 0 saturated heterocycles. The van der Waals surface area contributed by atoms with Crippen molar-refractivity contribution in [2.24, 2.45) is 26.1 Å². The number of benzene rings is 2. The highest BCUT2D eigenvalue weighted by molar-refractivity contribution is 6.32. The second-order valence-corrected chi connectivity index (χ2v) is 11.7. The summed E-state index contributed by atoms with van der Waals surface area (Å²) >= 11 is 6.44. The predicted molar refractivity (Wildman–Crippen MR) is 188 cm³/mol. The van der Waals surface area contributed by atoms with Crippen LogP contribution in [-0.2, 0) is 20.9 Å². The van der Waals surface area contributed by atoms with E-state index in [0.717, 1.165) is 0 Å². The SMILES string of the molecule is C=NC1=NCc2ccc(c(Cl)c2)OCCCN(C(=O)CCC)CC(C)(C)CNC(=O)c2ccc(cc2)N/C(OCC(F)(F)F)=N\1.CN.O=CO. The molecule has 6 rings (SSSR count). The fraction of sp³-hybridized carbons (Fsp3) is 0.455. The summed E-state index contributed by atoms with van der Waals surface area (Å²) in [6.45, 7) is 8.96. The largest absolute Gasteiger partial charge is 0.492 e. The van der Waals surface area contributed by atoms with Crippen molar-refractivity contribution in [2.75, 3.05) is 45.2 Å². The molecule has 0 aliphatic carbocycles. The Labute approximate surface area is 294 Å². The number of anilines is 1. The molecule has 4 heterocycles. The fourth-order valence-electron chi connectivity index (χ4n) is 4.30. The van der Waals surface area contributed by atoms with E-state index >= 15 is 0 Å². The number of rotatable bonds is 3. The quantitative estimate of drug-likeness (QED) is 0.240. The molecule has 0 radical (unpaired) electrons. The number of carbonyl (C=O) groups is 3. The number of alkyl halides is 3. The van der Waals surface area contributed by atoms with Gasteiger partial charge < -0.3 is 35.8 Å². The van der Waals surface area contributed by atoms with Crippen molar-refractivity contribution in [1.29, 1.82) is 0 Å². The number of ether oxygens (including phenoxy) is 2. The maximum absolute atomic E-state index is 13.0. The van der Waals surface area contributed by atoms with Gasteiger partial charge in [-0.2, -0.15) is 18.2 Å². The summed E-state index contributed by atoms with van der Waals surface area (Å²) < 4.78 is 49.6. The van der Waals surface area contributed by atoms with Crippen molar-refractivity contribution in [1.82, 2.24) is 10.2 Å². The molecule has 50 heavy (non-hydrogen) atoms. The summed E-state index contributed by atoms with van der Waals surface area (Å²) in [5, 5.41) is 12.8. The predicted octanol–water partition coefficient (Wildman–Crippen LogP) is 5.39. The molecule has 4 aliphatic heterocycles. The molecular weight excluding hydrogens is 683 g/mol. The van der Waals surface area contributed by atoms with Crippen molar-refractivity contribution in [3.63, 3.8) is 0 Å². The second-order valence-electron chi connectivity index (χ2n) is 11.3. The molecule has 0 atom stereocenters. The standard InChI is InChI=1S/C31H38ClF3N6O4.CH5N.CH2O2/c1-5-7-26(42)41-14-6-15-44-25-13-8-21(16-24(25)32)17-37-28(36-4)40-29(45-20-31(33,34)35)39-23-11-9-22(10-12-23)27(43)38-18-30(2,3)19-41;1-2;2-1-3/h8-13,16H,4-7,14-15,17-20H2,1-3H3,(H,38,43)(H,37,39,40);2H2,1H3;1H,(H,2,3). The van der Waals surface area contributed by atoms with Crippen LogP contribution < -0.4 is 21.1 Å². The first kappa shape index (κ1) is 43.3. The number of halogens is 4. The summed E-state index contributed by atoms with van der Waals surface area (Å²) in [5.41, 5.74) is 5.35. The minimum absolute atomic E-state index is 0.0277. The maximum Gasteiger partial charge on any atom is 0.422 e. The number of nitrogens with two attached hydrogens (primary N) is 1. The Bertz CT molecular complexity index is 1450.